The maximum Gasteiger partial charge on any atom is 0.162 e. The minimum Gasteiger partial charge on any atom is -0.493 e. The summed E-state index contributed by atoms with van der Waals surface area (Å²) in [7, 11) is 1.60. The van der Waals surface area contributed by atoms with Crippen molar-refractivity contribution in [2.75, 3.05) is 19.0 Å². The van der Waals surface area contributed by atoms with E-state index >= 15 is 0 Å². The van der Waals surface area contributed by atoms with Gasteiger partial charge in [0.1, 0.15) is 18.0 Å². The first-order chi connectivity index (χ1) is 12.5. The number of nitrogens with one attached hydrogen (secondary N) is 1. The van der Waals surface area contributed by atoms with E-state index < -0.39 is 0 Å². The summed E-state index contributed by atoms with van der Waals surface area (Å²) in [6.07, 6.45) is 1.48. The summed E-state index contributed by atoms with van der Waals surface area (Å²) in [5.74, 6) is 2.04. The van der Waals surface area contributed by atoms with Gasteiger partial charge in [0, 0.05) is 17.1 Å². The molecule has 0 aliphatic heterocycles. The molecule has 0 fully saturated rings. The Morgan fingerprint density at radius 3 is 2.62 bits per heavy atom. The first-order valence-electron chi connectivity index (χ1n) is 8.46. The second-order valence-electron chi connectivity index (χ2n) is 6.54. The predicted molar refractivity (Wildman–Crippen MR) is 101 cm³/mol. The molecule has 0 unspecified atom stereocenters. The molecular weight excluding hydrogens is 333 g/mol. The van der Waals surface area contributed by atoms with Crippen LogP contribution in [-0.4, -0.2) is 23.7 Å². The van der Waals surface area contributed by atoms with Crippen LogP contribution in [0.4, 0.5) is 15.9 Å². The lowest BCUT2D eigenvalue weighted by Crippen LogP contribution is -2.06. The Labute approximate surface area is 152 Å². The van der Waals surface area contributed by atoms with Crippen LogP contribution in [0.15, 0.2) is 36.7 Å². The maximum atomic E-state index is 13.5. The fraction of sp³-hybridized carbons (Fsp3) is 0.300. The second kappa shape index (κ2) is 7.56. The lowest BCUT2D eigenvalue weighted by molar-refractivity contribution is 0.257. The molecule has 0 aliphatic rings. The number of aryl methyl sites for hydroxylation is 1. The summed E-state index contributed by atoms with van der Waals surface area (Å²) in [6.45, 7) is 6.47. The summed E-state index contributed by atoms with van der Waals surface area (Å²) in [6, 6.07) is 8.54. The van der Waals surface area contributed by atoms with Crippen molar-refractivity contribution in [2.45, 2.75) is 20.8 Å². The highest BCUT2D eigenvalue weighted by Gasteiger charge is 2.12. The van der Waals surface area contributed by atoms with Crippen LogP contribution in [0.5, 0.6) is 11.5 Å². The molecule has 3 aromatic rings. The summed E-state index contributed by atoms with van der Waals surface area (Å²) in [5.41, 5.74) is 2.05. The Morgan fingerprint density at radius 1 is 1.12 bits per heavy atom. The normalized spacial score (nSPS) is 11.0. The highest BCUT2D eigenvalue weighted by molar-refractivity contribution is 5.93. The van der Waals surface area contributed by atoms with Crippen molar-refractivity contribution in [2.24, 2.45) is 5.92 Å². The molecular formula is C20H22FN3O2. The van der Waals surface area contributed by atoms with Crippen molar-refractivity contribution in [1.82, 2.24) is 9.97 Å². The van der Waals surface area contributed by atoms with Gasteiger partial charge in [0.15, 0.2) is 11.5 Å². The van der Waals surface area contributed by atoms with Gasteiger partial charge in [-0.25, -0.2) is 14.4 Å². The third kappa shape index (κ3) is 3.85. The number of rotatable bonds is 6. The van der Waals surface area contributed by atoms with Crippen LogP contribution in [0.1, 0.15) is 19.4 Å². The van der Waals surface area contributed by atoms with E-state index in [1.165, 1.54) is 12.4 Å². The minimum atomic E-state index is -0.239. The van der Waals surface area contributed by atoms with Crippen LogP contribution < -0.4 is 14.8 Å². The molecule has 0 amide bonds. The summed E-state index contributed by atoms with van der Waals surface area (Å²) in [4.78, 5) is 8.65. The molecule has 0 aliphatic carbocycles. The Hall–Kier alpha value is -2.89. The smallest absolute Gasteiger partial charge is 0.162 e. The molecule has 26 heavy (non-hydrogen) atoms. The van der Waals surface area contributed by atoms with Crippen LogP contribution in [0, 0.1) is 18.7 Å². The summed E-state index contributed by atoms with van der Waals surface area (Å²) < 4.78 is 24.8. The van der Waals surface area contributed by atoms with Gasteiger partial charge in [0.2, 0.25) is 0 Å². The molecule has 2 aromatic carbocycles. The molecule has 0 atom stereocenters. The van der Waals surface area contributed by atoms with Gasteiger partial charge in [0.25, 0.3) is 0 Å². The van der Waals surface area contributed by atoms with Gasteiger partial charge >= 0.3 is 0 Å². The number of anilines is 2. The number of hydrogen-bond donors (Lipinski definition) is 1. The third-order valence-electron chi connectivity index (χ3n) is 3.91. The highest BCUT2D eigenvalue weighted by atomic mass is 19.1. The van der Waals surface area contributed by atoms with E-state index in [9.17, 15) is 4.39 Å². The number of nitrogens with zero attached hydrogens (tertiary/aromatic N) is 2. The number of hydrogen-bond acceptors (Lipinski definition) is 5. The quantitative estimate of drug-likeness (QED) is 0.684. The predicted octanol–water partition coefficient (Wildman–Crippen LogP) is 4.86. The molecule has 0 radical (unpaired) electrons. The van der Waals surface area contributed by atoms with Gasteiger partial charge in [-0.2, -0.15) is 0 Å². The van der Waals surface area contributed by atoms with Crippen LogP contribution >= 0.6 is 0 Å². The average Bonchev–Trinajstić information content (AvgIpc) is 2.62. The fourth-order valence-electron chi connectivity index (χ4n) is 2.55. The van der Waals surface area contributed by atoms with Crippen LogP contribution in [0.3, 0.4) is 0 Å². The zero-order valence-corrected chi connectivity index (χ0v) is 15.3. The topological polar surface area (TPSA) is 56.3 Å². The number of fused-ring (bicyclic) bond motifs is 1. The third-order valence-corrected chi connectivity index (χ3v) is 3.91. The van der Waals surface area contributed by atoms with E-state index in [1.807, 2.05) is 12.1 Å². The monoisotopic (exact) mass is 355 g/mol. The fourth-order valence-corrected chi connectivity index (χ4v) is 2.55. The molecule has 136 valence electrons. The second-order valence-corrected chi connectivity index (χ2v) is 6.54. The van der Waals surface area contributed by atoms with Gasteiger partial charge in [-0.3, -0.25) is 0 Å². The van der Waals surface area contributed by atoms with Crippen molar-refractivity contribution in [3.63, 3.8) is 0 Å². The van der Waals surface area contributed by atoms with Crippen LogP contribution in [0.25, 0.3) is 10.9 Å². The van der Waals surface area contributed by atoms with Gasteiger partial charge in [0.05, 0.1) is 19.2 Å². The first kappa shape index (κ1) is 17.9. The first-order valence-corrected chi connectivity index (χ1v) is 8.46. The van der Waals surface area contributed by atoms with E-state index in [4.69, 9.17) is 9.47 Å². The van der Waals surface area contributed by atoms with E-state index in [1.54, 1.807) is 26.2 Å². The Morgan fingerprint density at radius 2 is 1.92 bits per heavy atom. The molecule has 1 N–H and O–H groups in total. The Balaban J connectivity index is 2.01. The highest BCUT2D eigenvalue weighted by Crippen LogP contribution is 2.35. The van der Waals surface area contributed by atoms with Crippen LogP contribution in [0.2, 0.25) is 0 Å². The van der Waals surface area contributed by atoms with Crippen molar-refractivity contribution in [3.8, 4) is 11.5 Å². The molecule has 0 saturated heterocycles. The lowest BCUT2D eigenvalue weighted by Gasteiger charge is -2.15. The zero-order chi connectivity index (χ0) is 18.7. The zero-order valence-electron chi connectivity index (χ0n) is 15.3. The van der Waals surface area contributed by atoms with Gasteiger partial charge in [-0.05, 0) is 42.7 Å². The molecule has 6 heteroatoms. The molecule has 5 nitrogen and oxygen atoms in total. The van der Waals surface area contributed by atoms with Gasteiger partial charge in [-0.1, -0.05) is 13.8 Å². The van der Waals surface area contributed by atoms with E-state index in [2.05, 4.69) is 29.1 Å². The summed E-state index contributed by atoms with van der Waals surface area (Å²) >= 11 is 0. The number of benzene rings is 2. The van der Waals surface area contributed by atoms with Gasteiger partial charge < -0.3 is 14.8 Å². The standard InChI is InChI=1S/C20H22FN3O2/c1-12(2)10-26-19-8-15-17(9-18(19)25-4)22-11-23-20(15)24-14-5-6-16(21)13(3)7-14/h5-9,11-12H,10H2,1-4H3,(H,22,23,24). The molecule has 0 bridgehead atoms. The molecule has 3 rings (SSSR count). The lowest BCUT2D eigenvalue weighted by atomic mass is 10.2. The van der Waals surface area contributed by atoms with Gasteiger partial charge in [-0.15, -0.1) is 0 Å². The van der Waals surface area contributed by atoms with E-state index in [-0.39, 0.29) is 5.82 Å². The van der Waals surface area contributed by atoms with Crippen LogP contribution in [-0.2, 0) is 0 Å². The minimum absolute atomic E-state index is 0.239. The van der Waals surface area contributed by atoms with Crippen molar-refractivity contribution >= 4 is 22.4 Å². The van der Waals surface area contributed by atoms with Crippen molar-refractivity contribution in [1.29, 1.82) is 0 Å². The van der Waals surface area contributed by atoms with E-state index in [0.717, 1.165) is 16.6 Å². The SMILES string of the molecule is COc1cc2ncnc(Nc3ccc(F)c(C)c3)c2cc1OCC(C)C. The molecule has 0 saturated carbocycles. The number of ether oxygens (including phenoxy) is 2. The van der Waals surface area contributed by atoms with Crippen molar-refractivity contribution in [3.05, 3.63) is 48.0 Å². The molecule has 1 heterocycles. The number of halogens is 1. The Bertz CT molecular complexity index is 928. The number of aromatic nitrogens is 2. The molecule has 0 spiro atoms. The maximum absolute atomic E-state index is 13.5. The Kier molecular flexibility index (Phi) is 5.21. The largest absolute Gasteiger partial charge is 0.493 e. The van der Waals surface area contributed by atoms with E-state index in [0.29, 0.717) is 35.4 Å². The van der Waals surface area contributed by atoms with Crippen molar-refractivity contribution < 1.29 is 13.9 Å². The number of methoxy groups -OCH3 is 1. The summed E-state index contributed by atoms with van der Waals surface area (Å²) in [5, 5.41) is 4.03. The average molecular weight is 355 g/mol. The molecule has 1 aromatic heterocycles.